The quantitative estimate of drug-likeness (QED) is 0.314. The van der Waals surface area contributed by atoms with Crippen molar-refractivity contribution < 1.29 is 14.7 Å². The van der Waals surface area contributed by atoms with Crippen LogP contribution in [0.3, 0.4) is 0 Å². The number of carbonyl (C=O) groups excluding carboxylic acids is 1. The van der Waals surface area contributed by atoms with Gasteiger partial charge in [0.15, 0.2) is 0 Å². The van der Waals surface area contributed by atoms with Gasteiger partial charge in [0.05, 0.1) is 11.9 Å². The van der Waals surface area contributed by atoms with Crippen LogP contribution < -0.4 is 0 Å². The minimum absolute atomic E-state index is 0.0204. The molecular weight excluding hydrogens is 512 g/mol. The van der Waals surface area contributed by atoms with Crippen LogP contribution in [0.2, 0.25) is 0 Å². The highest BCUT2D eigenvalue weighted by atomic mass is 16.4. The van der Waals surface area contributed by atoms with Crippen LogP contribution in [0.15, 0.2) is 48.5 Å². The molecule has 0 aliphatic carbocycles. The number of aryl methyl sites for hydroxylation is 4. The molecule has 7 nitrogen and oxygen atoms in total. The zero-order valence-electron chi connectivity index (χ0n) is 24.0. The molecule has 4 aromatic rings. The fourth-order valence-corrected chi connectivity index (χ4v) is 6.69. The SMILES string of the molecule is Cc1cc2ccc1C(=O)N1CCc3ccc(cc3C1)C(CC(=O)O)c1ccc3c(nnn3CCCCCCC2)c1C. The molecule has 6 heterocycles. The van der Waals surface area contributed by atoms with Gasteiger partial charge < -0.3 is 10.0 Å². The molecule has 1 aromatic heterocycles. The fourth-order valence-electron chi connectivity index (χ4n) is 6.69. The van der Waals surface area contributed by atoms with Gasteiger partial charge >= 0.3 is 5.97 Å². The number of amides is 1. The summed E-state index contributed by atoms with van der Waals surface area (Å²) in [7, 11) is 0. The predicted octanol–water partition coefficient (Wildman–Crippen LogP) is 6.36. The third-order valence-corrected chi connectivity index (χ3v) is 9.03. The average Bonchev–Trinajstić information content (AvgIpc) is 3.38. The van der Waals surface area contributed by atoms with Gasteiger partial charge in [-0.25, -0.2) is 4.68 Å². The first-order valence-electron chi connectivity index (χ1n) is 14.9. The average molecular weight is 551 g/mol. The Bertz CT molecular complexity index is 1620. The predicted molar refractivity (Wildman–Crippen MR) is 159 cm³/mol. The molecule has 41 heavy (non-hydrogen) atoms. The smallest absolute Gasteiger partial charge is 0.304 e. The Kier molecular flexibility index (Phi) is 7.61. The lowest BCUT2D eigenvalue weighted by Gasteiger charge is -2.30. The first kappa shape index (κ1) is 27.2. The summed E-state index contributed by atoms with van der Waals surface area (Å²) in [5, 5.41) is 18.9. The number of hydrogen-bond donors (Lipinski definition) is 1. The lowest BCUT2D eigenvalue weighted by molar-refractivity contribution is -0.137. The van der Waals surface area contributed by atoms with Crippen LogP contribution in [0.5, 0.6) is 0 Å². The molecule has 5 aliphatic rings. The van der Waals surface area contributed by atoms with Crippen LogP contribution in [0.4, 0.5) is 0 Å². The van der Waals surface area contributed by atoms with Gasteiger partial charge in [-0.15, -0.1) is 5.10 Å². The molecule has 0 fully saturated rings. The molecule has 7 heteroatoms. The van der Waals surface area contributed by atoms with Gasteiger partial charge in [0, 0.05) is 31.1 Å². The van der Waals surface area contributed by atoms with Crippen molar-refractivity contribution in [1.82, 2.24) is 19.9 Å². The molecule has 1 unspecified atom stereocenters. The molecule has 3 aromatic carbocycles. The molecule has 1 atom stereocenters. The second-order valence-electron chi connectivity index (χ2n) is 11.8. The monoisotopic (exact) mass is 550 g/mol. The fraction of sp³-hybridized carbons (Fsp3) is 0.412. The highest BCUT2D eigenvalue weighted by molar-refractivity contribution is 5.96. The largest absolute Gasteiger partial charge is 0.481 e. The highest BCUT2D eigenvalue weighted by Gasteiger charge is 2.27. The van der Waals surface area contributed by atoms with Crippen LogP contribution in [-0.4, -0.2) is 43.4 Å². The minimum Gasteiger partial charge on any atom is -0.481 e. The Morgan fingerprint density at radius 3 is 2.59 bits per heavy atom. The van der Waals surface area contributed by atoms with Crippen LogP contribution in [-0.2, 0) is 30.7 Å². The number of aliphatic carboxylic acids is 1. The van der Waals surface area contributed by atoms with Crippen molar-refractivity contribution in [3.8, 4) is 0 Å². The topological polar surface area (TPSA) is 88.3 Å². The molecule has 1 N–H and O–H groups in total. The Labute approximate surface area is 241 Å². The number of aromatic nitrogens is 3. The van der Waals surface area contributed by atoms with Gasteiger partial charge in [0.2, 0.25) is 0 Å². The Balaban J connectivity index is 1.40. The second kappa shape index (κ2) is 11.5. The van der Waals surface area contributed by atoms with Crippen molar-refractivity contribution in [3.63, 3.8) is 0 Å². The molecule has 9 bridgehead atoms. The summed E-state index contributed by atoms with van der Waals surface area (Å²) in [6.07, 6.45) is 7.48. The van der Waals surface area contributed by atoms with Gasteiger partial charge in [-0.05, 0) is 90.6 Å². The third kappa shape index (κ3) is 5.50. The van der Waals surface area contributed by atoms with Crippen molar-refractivity contribution in [2.24, 2.45) is 0 Å². The lowest BCUT2D eigenvalue weighted by atomic mass is 9.83. The van der Waals surface area contributed by atoms with Crippen LogP contribution >= 0.6 is 0 Å². The van der Waals surface area contributed by atoms with E-state index in [4.69, 9.17) is 0 Å². The van der Waals surface area contributed by atoms with Gasteiger partial charge in [-0.1, -0.05) is 60.9 Å². The maximum absolute atomic E-state index is 13.6. The van der Waals surface area contributed by atoms with E-state index in [-0.39, 0.29) is 18.2 Å². The number of carbonyl (C=O) groups is 2. The van der Waals surface area contributed by atoms with E-state index in [1.165, 1.54) is 24.0 Å². The molecule has 5 aliphatic heterocycles. The first-order valence-corrected chi connectivity index (χ1v) is 14.9. The molecule has 0 spiro atoms. The number of hydrogen-bond acceptors (Lipinski definition) is 4. The van der Waals surface area contributed by atoms with E-state index < -0.39 is 5.97 Å². The molecule has 0 saturated heterocycles. The molecule has 212 valence electrons. The molecule has 9 rings (SSSR count). The van der Waals surface area contributed by atoms with Crippen LogP contribution in [0, 0.1) is 13.8 Å². The molecule has 0 radical (unpaired) electrons. The van der Waals surface area contributed by atoms with E-state index in [0.717, 1.165) is 83.1 Å². The Morgan fingerprint density at radius 1 is 0.927 bits per heavy atom. The van der Waals surface area contributed by atoms with Gasteiger partial charge in [-0.2, -0.15) is 0 Å². The summed E-state index contributed by atoms with van der Waals surface area (Å²) < 4.78 is 1.99. The summed E-state index contributed by atoms with van der Waals surface area (Å²) in [4.78, 5) is 27.6. The summed E-state index contributed by atoms with van der Waals surface area (Å²) in [6.45, 7) is 6.09. The number of rotatable bonds is 2. The standard InChI is InChI=1S/C34H38N4O3/c1-22-18-24-8-6-4-3-5-7-16-38-31-14-13-29(23(2)33(31)35-36-38)30(20-32(39)40)26-11-10-25-15-17-37(21-27(25)19-26)34(41)28(22)12-9-24/h9-14,18-19,30H,3-8,15-17,20-21H2,1-2H3,(H,39,40). The highest BCUT2D eigenvalue weighted by Crippen LogP contribution is 2.35. The molecule has 0 saturated carbocycles. The number of benzene rings is 3. The molecule has 1 amide bonds. The van der Waals surface area contributed by atoms with Gasteiger partial charge in [-0.3, -0.25) is 9.59 Å². The zero-order valence-corrected chi connectivity index (χ0v) is 24.0. The minimum atomic E-state index is -0.844. The number of carboxylic acids is 1. The third-order valence-electron chi connectivity index (χ3n) is 9.03. The summed E-state index contributed by atoms with van der Waals surface area (Å²) in [6, 6.07) is 16.7. The van der Waals surface area contributed by atoms with E-state index in [1.54, 1.807) is 0 Å². The van der Waals surface area contributed by atoms with Crippen molar-refractivity contribution in [2.75, 3.05) is 6.54 Å². The number of carboxylic acid groups (broad SMARTS) is 1. The van der Waals surface area contributed by atoms with E-state index in [9.17, 15) is 14.7 Å². The van der Waals surface area contributed by atoms with Crippen molar-refractivity contribution in [2.45, 2.75) is 84.2 Å². The van der Waals surface area contributed by atoms with Gasteiger partial charge in [0.25, 0.3) is 5.91 Å². The van der Waals surface area contributed by atoms with Crippen LogP contribution in [0.25, 0.3) is 11.0 Å². The maximum Gasteiger partial charge on any atom is 0.304 e. The normalized spacial score (nSPS) is 18.0. The second-order valence-corrected chi connectivity index (χ2v) is 11.8. The zero-order chi connectivity index (χ0) is 28.5. The summed E-state index contributed by atoms with van der Waals surface area (Å²) in [5.41, 5.74) is 10.1. The number of nitrogens with zero attached hydrogens (tertiary/aromatic N) is 4. The van der Waals surface area contributed by atoms with Crippen molar-refractivity contribution >= 4 is 22.9 Å². The van der Waals surface area contributed by atoms with Crippen LogP contribution in [0.1, 0.15) is 93.7 Å². The first-order chi connectivity index (χ1) is 19.9. The Morgan fingerprint density at radius 2 is 1.76 bits per heavy atom. The molecular formula is C34H38N4O3. The van der Waals surface area contributed by atoms with E-state index in [0.29, 0.717) is 13.1 Å². The van der Waals surface area contributed by atoms with E-state index in [2.05, 4.69) is 46.7 Å². The van der Waals surface area contributed by atoms with E-state index in [1.807, 2.05) is 35.6 Å². The summed E-state index contributed by atoms with van der Waals surface area (Å²) in [5.74, 6) is -1.10. The summed E-state index contributed by atoms with van der Waals surface area (Å²) >= 11 is 0. The lowest BCUT2D eigenvalue weighted by Crippen LogP contribution is -2.36. The van der Waals surface area contributed by atoms with Crippen molar-refractivity contribution in [3.05, 3.63) is 93.0 Å². The van der Waals surface area contributed by atoms with E-state index >= 15 is 0 Å². The van der Waals surface area contributed by atoms with Gasteiger partial charge in [0.1, 0.15) is 5.52 Å². The maximum atomic E-state index is 13.6. The van der Waals surface area contributed by atoms with Crippen molar-refractivity contribution in [1.29, 1.82) is 0 Å². The Hall–Kier alpha value is -4.00.